The zero-order chi connectivity index (χ0) is 16.7. The van der Waals surface area contributed by atoms with Crippen molar-refractivity contribution in [2.24, 2.45) is 0 Å². The van der Waals surface area contributed by atoms with E-state index >= 15 is 0 Å². The van der Waals surface area contributed by atoms with Gasteiger partial charge in [0.2, 0.25) is 0 Å². The summed E-state index contributed by atoms with van der Waals surface area (Å²) in [5.74, 6) is -6.14. The number of carbonyl (C=O) groups is 4. The lowest BCUT2D eigenvalue weighted by Crippen LogP contribution is -2.39. The van der Waals surface area contributed by atoms with Crippen LogP contribution in [0.5, 0.6) is 0 Å². The fourth-order valence-corrected chi connectivity index (χ4v) is 0.827. The summed E-state index contributed by atoms with van der Waals surface area (Å²) in [6, 6.07) is 0. The zero-order valence-corrected chi connectivity index (χ0v) is 11.4. The molecule has 0 bridgehead atoms. The third-order valence-electron chi connectivity index (χ3n) is 1.55. The maximum atomic E-state index is 10.1. The van der Waals surface area contributed by atoms with Crippen LogP contribution in [0.1, 0.15) is 6.42 Å². The molecule has 0 radical (unpaired) electrons. The summed E-state index contributed by atoms with van der Waals surface area (Å²) in [5, 5.41) is 48.9. The fraction of sp³-hybridized carbons (Fsp3) is 0.500. The van der Waals surface area contributed by atoms with Gasteiger partial charge in [-0.15, -0.1) is 25.3 Å². The Balaban J connectivity index is 0. The highest BCUT2D eigenvalue weighted by atomic mass is 32.2. The summed E-state index contributed by atoms with van der Waals surface area (Å²) in [7, 11) is 0. The number of aliphatic carboxylic acids is 4. The van der Waals surface area contributed by atoms with Crippen LogP contribution in [0.3, 0.4) is 0 Å². The van der Waals surface area contributed by atoms with Gasteiger partial charge >= 0.3 is 23.9 Å². The van der Waals surface area contributed by atoms with Gasteiger partial charge in [0.1, 0.15) is 0 Å². The van der Waals surface area contributed by atoms with E-state index in [1.807, 2.05) is 0 Å². The molecule has 0 saturated carbocycles. The van der Waals surface area contributed by atoms with Gasteiger partial charge in [0, 0.05) is 0 Å². The second kappa shape index (κ2) is 8.63. The molecule has 0 aromatic rings. The number of carboxylic acids is 4. The molecule has 0 saturated heterocycles. The first-order valence-corrected chi connectivity index (χ1v) is 5.44. The van der Waals surface area contributed by atoms with Crippen LogP contribution < -0.4 is 0 Å². The maximum absolute atomic E-state index is 10.1. The van der Waals surface area contributed by atoms with Crippen LogP contribution in [0.2, 0.25) is 0 Å². The average Bonchev–Trinajstić information content (AvgIpc) is 2.25. The van der Waals surface area contributed by atoms with Gasteiger partial charge in [0.15, 0.2) is 16.3 Å². The van der Waals surface area contributed by atoms with Crippen LogP contribution in [0.4, 0.5) is 0 Å². The molecule has 0 aliphatic heterocycles. The summed E-state index contributed by atoms with van der Waals surface area (Å²) < 4.78 is -1.77. The summed E-state index contributed by atoms with van der Waals surface area (Å²) in [5.41, 5.74) is 0. The van der Waals surface area contributed by atoms with E-state index in [2.05, 4.69) is 25.3 Å². The van der Waals surface area contributed by atoms with Gasteiger partial charge in [-0.1, -0.05) is 0 Å². The molecule has 20 heavy (non-hydrogen) atoms. The second-order valence-corrected chi connectivity index (χ2v) is 5.14. The highest BCUT2D eigenvalue weighted by molar-refractivity contribution is 8.02. The van der Waals surface area contributed by atoms with E-state index in [1.165, 1.54) is 0 Å². The molecule has 10 nitrogen and oxygen atoms in total. The minimum Gasteiger partial charge on any atom is -0.481 e. The van der Waals surface area contributed by atoms with Crippen molar-refractivity contribution in [3.63, 3.8) is 0 Å². The third-order valence-corrected chi connectivity index (χ3v) is 2.24. The number of hydrogen-bond donors (Lipinski definition) is 8. The van der Waals surface area contributed by atoms with E-state index < -0.39 is 46.6 Å². The van der Waals surface area contributed by atoms with Crippen molar-refractivity contribution in [2.75, 3.05) is 0 Å². The van der Waals surface area contributed by atoms with Crippen LogP contribution in [0.25, 0.3) is 0 Å². The Hall–Kier alpha value is -1.50. The second-order valence-electron chi connectivity index (χ2n) is 3.26. The molecule has 12 heteroatoms. The molecule has 0 aliphatic carbocycles. The maximum Gasteiger partial charge on any atom is 0.335 e. The van der Waals surface area contributed by atoms with Gasteiger partial charge in [0.25, 0.3) is 0 Å². The first-order valence-electron chi connectivity index (χ1n) is 4.54. The van der Waals surface area contributed by atoms with Gasteiger partial charge in [-0.2, -0.15) is 0 Å². The summed E-state index contributed by atoms with van der Waals surface area (Å²) in [6.45, 7) is 0. The van der Waals surface area contributed by atoms with Crippen LogP contribution in [0, 0.1) is 0 Å². The number of thiol groups is 2. The molecule has 0 spiro atoms. The molecule has 0 heterocycles. The Labute approximate surface area is 122 Å². The first-order chi connectivity index (χ1) is 8.82. The van der Waals surface area contributed by atoms with Gasteiger partial charge in [0.05, 0.1) is 6.42 Å². The normalized spacial score (nSPS) is 13.4. The number of hydrogen-bond acceptors (Lipinski definition) is 8. The molecule has 0 rings (SSSR count). The Morgan fingerprint density at radius 1 is 0.850 bits per heavy atom. The predicted molar refractivity (Wildman–Crippen MR) is 67.9 cm³/mol. The van der Waals surface area contributed by atoms with Crippen LogP contribution in [-0.4, -0.2) is 70.8 Å². The molecule has 0 aliphatic rings. The van der Waals surface area contributed by atoms with Gasteiger partial charge in [-0.25, -0.2) is 14.4 Å². The first kappa shape index (κ1) is 20.8. The molecule has 0 fully saturated rings. The van der Waals surface area contributed by atoms with Crippen LogP contribution in [0.15, 0.2) is 0 Å². The van der Waals surface area contributed by atoms with E-state index in [-0.39, 0.29) is 0 Å². The van der Waals surface area contributed by atoms with Crippen LogP contribution >= 0.6 is 25.3 Å². The number of carboxylic acid groups (broad SMARTS) is 4. The van der Waals surface area contributed by atoms with Gasteiger partial charge in [-0.3, -0.25) is 4.79 Å². The summed E-state index contributed by atoms with van der Waals surface area (Å²) in [4.78, 5) is 39.6. The summed E-state index contributed by atoms with van der Waals surface area (Å²) >= 11 is 7.01. The zero-order valence-electron chi connectivity index (χ0n) is 9.57. The Bertz CT molecular complexity index is 375. The number of aliphatic hydroxyl groups is 2. The van der Waals surface area contributed by atoms with E-state index in [9.17, 15) is 19.2 Å². The smallest absolute Gasteiger partial charge is 0.335 e. The van der Waals surface area contributed by atoms with E-state index in [0.717, 1.165) is 0 Å². The van der Waals surface area contributed by atoms with E-state index in [0.29, 0.717) is 0 Å². The van der Waals surface area contributed by atoms with Crippen molar-refractivity contribution >= 4 is 49.1 Å². The van der Waals surface area contributed by atoms with E-state index in [1.54, 1.807) is 0 Å². The highest BCUT2D eigenvalue weighted by Gasteiger charge is 2.32. The minimum absolute atomic E-state index is 0.617. The molecule has 0 aromatic carbocycles. The standard InChI is InChI=1S/C4H6O6.C4H6O4S2/c5-1(3(7)8)2(6)4(9)10;5-2(6)1-4(9,10)3(7)8/h1-2,5-6H,(H,7,8)(H,9,10);9-10H,1H2,(H,5,6)(H,7,8). The molecule has 116 valence electrons. The molecule has 6 N–H and O–H groups in total. The average molecular weight is 332 g/mol. The lowest BCUT2D eigenvalue weighted by molar-refractivity contribution is -0.165. The topological polar surface area (TPSA) is 190 Å². The molecule has 0 amide bonds. The molecule has 2 unspecified atom stereocenters. The van der Waals surface area contributed by atoms with Gasteiger partial charge < -0.3 is 30.6 Å². The quantitative estimate of drug-likeness (QED) is 0.199. The number of aliphatic hydroxyl groups excluding tert-OH is 2. The Morgan fingerprint density at radius 3 is 1.25 bits per heavy atom. The predicted octanol–water partition coefficient (Wildman–Crippen LogP) is -2.02. The third kappa shape index (κ3) is 8.58. The Morgan fingerprint density at radius 2 is 1.15 bits per heavy atom. The van der Waals surface area contributed by atoms with Crippen molar-refractivity contribution in [3.8, 4) is 0 Å². The molecule has 2 atom stereocenters. The minimum atomic E-state index is -2.27. The lowest BCUT2D eigenvalue weighted by Gasteiger charge is -2.12. The fourth-order valence-electron chi connectivity index (χ4n) is 0.557. The van der Waals surface area contributed by atoms with Gasteiger partial charge in [-0.05, 0) is 0 Å². The summed E-state index contributed by atoms with van der Waals surface area (Å²) in [6.07, 6.45) is -5.15. The highest BCUT2D eigenvalue weighted by Crippen LogP contribution is 2.23. The van der Waals surface area contributed by atoms with Crippen molar-refractivity contribution in [1.82, 2.24) is 0 Å². The lowest BCUT2D eigenvalue weighted by atomic mass is 10.2. The number of rotatable bonds is 6. The Kier molecular flexibility index (Phi) is 8.98. The van der Waals surface area contributed by atoms with Crippen molar-refractivity contribution < 1.29 is 49.8 Å². The monoisotopic (exact) mass is 332 g/mol. The SMILES string of the molecule is O=C(O)C(O)C(O)C(=O)O.O=C(O)CC(S)(S)C(=O)O. The van der Waals surface area contributed by atoms with Crippen molar-refractivity contribution in [3.05, 3.63) is 0 Å². The van der Waals surface area contributed by atoms with Crippen molar-refractivity contribution in [2.45, 2.75) is 22.7 Å². The molecular formula is C8H12O10S2. The van der Waals surface area contributed by atoms with Crippen molar-refractivity contribution in [1.29, 1.82) is 0 Å². The van der Waals surface area contributed by atoms with Crippen LogP contribution in [-0.2, 0) is 19.2 Å². The largest absolute Gasteiger partial charge is 0.481 e. The molecular weight excluding hydrogens is 320 g/mol. The molecule has 0 aromatic heterocycles. The van der Waals surface area contributed by atoms with E-state index in [4.69, 9.17) is 30.6 Å².